The van der Waals surface area contributed by atoms with Crippen molar-refractivity contribution in [3.63, 3.8) is 0 Å². The van der Waals surface area contributed by atoms with Crippen molar-refractivity contribution in [2.75, 3.05) is 5.32 Å². The summed E-state index contributed by atoms with van der Waals surface area (Å²) < 4.78 is 0. The van der Waals surface area contributed by atoms with Gasteiger partial charge in [0.25, 0.3) is 0 Å². The Kier molecular flexibility index (Phi) is 3.19. The van der Waals surface area contributed by atoms with Crippen LogP contribution in [0, 0.1) is 6.92 Å². The number of pyridine rings is 1. The van der Waals surface area contributed by atoms with E-state index in [9.17, 15) is 4.79 Å². The molecule has 0 aliphatic heterocycles. The molecule has 0 atom stereocenters. The van der Waals surface area contributed by atoms with Gasteiger partial charge in [0.1, 0.15) is 5.82 Å². The standard InChI is InChI=1S/C14H14N2O/c1-10-8-9-13(11(2)17)14(15-10)16-12-6-4-3-5-7-12/h3-9H,1-2H3,(H,15,16). The number of carbonyl (C=O) groups is 1. The number of anilines is 2. The van der Waals surface area contributed by atoms with Crippen LogP contribution in [0.3, 0.4) is 0 Å². The topological polar surface area (TPSA) is 42.0 Å². The molecule has 17 heavy (non-hydrogen) atoms. The van der Waals surface area contributed by atoms with Gasteiger partial charge in [-0.05, 0) is 38.1 Å². The zero-order chi connectivity index (χ0) is 12.3. The third-order valence-corrected chi connectivity index (χ3v) is 2.45. The maximum absolute atomic E-state index is 11.5. The van der Waals surface area contributed by atoms with E-state index in [2.05, 4.69) is 10.3 Å². The van der Waals surface area contributed by atoms with Gasteiger partial charge in [-0.25, -0.2) is 4.98 Å². The number of carbonyl (C=O) groups excluding carboxylic acids is 1. The first-order chi connectivity index (χ1) is 8.16. The fourth-order valence-corrected chi connectivity index (χ4v) is 1.59. The SMILES string of the molecule is CC(=O)c1ccc(C)nc1Nc1ccccc1. The van der Waals surface area contributed by atoms with Crippen LogP contribution in [0.2, 0.25) is 0 Å². The summed E-state index contributed by atoms with van der Waals surface area (Å²) in [5, 5.41) is 3.16. The van der Waals surface area contributed by atoms with Gasteiger partial charge in [0, 0.05) is 11.4 Å². The second-order valence-electron chi connectivity index (χ2n) is 3.90. The number of para-hydroxylation sites is 1. The maximum atomic E-state index is 11.5. The summed E-state index contributed by atoms with van der Waals surface area (Å²) in [5.74, 6) is 0.625. The van der Waals surface area contributed by atoms with E-state index in [1.54, 1.807) is 13.0 Å². The summed E-state index contributed by atoms with van der Waals surface area (Å²) in [4.78, 5) is 15.8. The van der Waals surface area contributed by atoms with Crippen molar-refractivity contribution < 1.29 is 4.79 Å². The molecule has 0 bridgehead atoms. The molecule has 0 saturated heterocycles. The molecule has 0 spiro atoms. The maximum Gasteiger partial charge on any atom is 0.163 e. The number of hydrogen-bond acceptors (Lipinski definition) is 3. The third-order valence-electron chi connectivity index (χ3n) is 2.45. The third kappa shape index (κ3) is 2.69. The Bertz CT molecular complexity index is 535. The summed E-state index contributed by atoms with van der Waals surface area (Å²) in [5.41, 5.74) is 2.42. The van der Waals surface area contributed by atoms with Crippen molar-refractivity contribution in [3.05, 3.63) is 53.7 Å². The Morgan fingerprint density at radius 3 is 2.47 bits per heavy atom. The number of aryl methyl sites for hydroxylation is 1. The van der Waals surface area contributed by atoms with Gasteiger partial charge in [-0.3, -0.25) is 4.79 Å². The van der Waals surface area contributed by atoms with Gasteiger partial charge in [-0.15, -0.1) is 0 Å². The Balaban J connectivity index is 2.37. The number of rotatable bonds is 3. The van der Waals surface area contributed by atoms with Crippen molar-refractivity contribution >= 4 is 17.3 Å². The molecule has 2 rings (SSSR count). The fraction of sp³-hybridized carbons (Fsp3) is 0.143. The van der Waals surface area contributed by atoms with E-state index in [-0.39, 0.29) is 5.78 Å². The lowest BCUT2D eigenvalue weighted by Crippen LogP contribution is -2.03. The average Bonchev–Trinajstić information content (AvgIpc) is 2.30. The molecule has 0 aliphatic rings. The van der Waals surface area contributed by atoms with Crippen LogP contribution in [0.4, 0.5) is 11.5 Å². The highest BCUT2D eigenvalue weighted by molar-refractivity contribution is 5.99. The Labute approximate surface area is 101 Å². The smallest absolute Gasteiger partial charge is 0.163 e. The van der Waals surface area contributed by atoms with Crippen molar-refractivity contribution in [2.45, 2.75) is 13.8 Å². The molecular formula is C14H14N2O. The molecule has 0 amide bonds. The predicted molar refractivity (Wildman–Crippen MR) is 68.7 cm³/mol. The minimum atomic E-state index is 0.0101. The normalized spacial score (nSPS) is 10.0. The van der Waals surface area contributed by atoms with E-state index >= 15 is 0 Å². The number of nitrogens with zero attached hydrogens (tertiary/aromatic N) is 1. The number of aromatic nitrogens is 1. The minimum Gasteiger partial charge on any atom is -0.340 e. The lowest BCUT2D eigenvalue weighted by molar-refractivity contribution is 0.101. The van der Waals surface area contributed by atoms with Crippen LogP contribution < -0.4 is 5.32 Å². The van der Waals surface area contributed by atoms with Crippen molar-refractivity contribution in [1.82, 2.24) is 4.98 Å². The molecule has 2 aromatic rings. The molecule has 1 N–H and O–H groups in total. The van der Waals surface area contributed by atoms with Gasteiger partial charge >= 0.3 is 0 Å². The lowest BCUT2D eigenvalue weighted by Gasteiger charge is -2.09. The van der Waals surface area contributed by atoms with Gasteiger partial charge in [0.2, 0.25) is 0 Å². The number of nitrogens with one attached hydrogen (secondary N) is 1. The molecule has 0 aliphatic carbocycles. The molecule has 1 aromatic carbocycles. The van der Waals surface area contributed by atoms with Crippen LogP contribution in [0.15, 0.2) is 42.5 Å². The van der Waals surface area contributed by atoms with Crippen LogP contribution >= 0.6 is 0 Å². The number of ketones is 1. The van der Waals surface area contributed by atoms with E-state index in [1.807, 2.05) is 43.3 Å². The summed E-state index contributed by atoms with van der Waals surface area (Å²) in [6.45, 7) is 3.45. The summed E-state index contributed by atoms with van der Waals surface area (Å²) >= 11 is 0. The van der Waals surface area contributed by atoms with E-state index in [0.717, 1.165) is 11.4 Å². The Hall–Kier alpha value is -2.16. The van der Waals surface area contributed by atoms with E-state index in [4.69, 9.17) is 0 Å². The zero-order valence-electron chi connectivity index (χ0n) is 9.90. The van der Waals surface area contributed by atoms with Crippen LogP contribution in [0.1, 0.15) is 23.0 Å². The molecule has 86 valence electrons. The quantitative estimate of drug-likeness (QED) is 0.816. The van der Waals surface area contributed by atoms with Crippen molar-refractivity contribution in [2.24, 2.45) is 0 Å². The highest BCUT2D eigenvalue weighted by Crippen LogP contribution is 2.19. The lowest BCUT2D eigenvalue weighted by atomic mass is 10.1. The Morgan fingerprint density at radius 1 is 1.12 bits per heavy atom. The first kappa shape index (κ1) is 11.3. The largest absolute Gasteiger partial charge is 0.340 e. The molecule has 3 heteroatoms. The van der Waals surface area contributed by atoms with E-state index in [1.165, 1.54) is 0 Å². The van der Waals surface area contributed by atoms with Gasteiger partial charge in [-0.2, -0.15) is 0 Å². The van der Waals surface area contributed by atoms with Crippen molar-refractivity contribution in [3.8, 4) is 0 Å². The number of hydrogen-bond donors (Lipinski definition) is 1. The predicted octanol–water partition coefficient (Wildman–Crippen LogP) is 3.34. The summed E-state index contributed by atoms with van der Waals surface area (Å²) in [6.07, 6.45) is 0. The highest BCUT2D eigenvalue weighted by atomic mass is 16.1. The number of benzene rings is 1. The first-order valence-corrected chi connectivity index (χ1v) is 5.47. The molecule has 0 radical (unpaired) electrons. The minimum absolute atomic E-state index is 0.0101. The van der Waals surface area contributed by atoms with Crippen LogP contribution in [0.25, 0.3) is 0 Å². The fourth-order valence-electron chi connectivity index (χ4n) is 1.59. The van der Waals surface area contributed by atoms with E-state index < -0.39 is 0 Å². The summed E-state index contributed by atoms with van der Waals surface area (Å²) in [7, 11) is 0. The van der Waals surface area contributed by atoms with Crippen molar-refractivity contribution in [1.29, 1.82) is 0 Å². The van der Waals surface area contributed by atoms with Gasteiger partial charge in [0.05, 0.1) is 5.56 Å². The molecule has 0 saturated carbocycles. The average molecular weight is 226 g/mol. The summed E-state index contributed by atoms with van der Waals surface area (Å²) in [6, 6.07) is 13.3. The molecule has 0 unspecified atom stereocenters. The second kappa shape index (κ2) is 4.78. The zero-order valence-corrected chi connectivity index (χ0v) is 9.90. The molecule has 1 heterocycles. The van der Waals surface area contributed by atoms with Gasteiger partial charge in [0.15, 0.2) is 5.78 Å². The Morgan fingerprint density at radius 2 is 1.82 bits per heavy atom. The molecular weight excluding hydrogens is 212 g/mol. The molecule has 3 nitrogen and oxygen atoms in total. The molecule has 0 fully saturated rings. The first-order valence-electron chi connectivity index (χ1n) is 5.47. The highest BCUT2D eigenvalue weighted by Gasteiger charge is 2.08. The van der Waals surface area contributed by atoms with E-state index in [0.29, 0.717) is 11.4 Å². The van der Waals surface area contributed by atoms with Gasteiger partial charge in [-0.1, -0.05) is 18.2 Å². The molecule has 1 aromatic heterocycles. The van der Waals surface area contributed by atoms with Crippen LogP contribution in [-0.4, -0.2) is 10.8 Å². The monoisotopic (exact) mass is 226 g/mol. The van der Waals surface area contributed by atoms with Crippen LogP contribution in [-0.2, 0) is 0 Å². The van der Waals surface area contributed by atoms with Crippen LogP contribution in [0.5, 0.6) is 0 Å². The second-order valence-corrected chi connectivity index (χ2v) is 3.90. The van der Waals surface area contributed by atoms with Gasteiger partial charge < -0.3 is 5.32 Å². The number of Topliss-reactive ketones (excluding diaryl/α,β-unsaturated/α-hetero) is 1.